The molecule has 3 aromatic rings. The van der Waals surface area contributed by atoms with Gasteiger partial charge in [-0.3, -0.25) is 14.6 Å². The van der Waals surface area contributed by atoms with Gasteiger partial charge < -0.3 is 10.2 Å². The highest BCUT2D eigenvalue weighted by Crippen LogP contribution is 2.26. The summed E-state index contributed by atoms with van der Waals surface area (Å²) in [5.41, 5.74) is 4.13. The Morgan fingerprint density at radius 3 is 2.45 bits per heavy atom. The highest BCUT2D eigenvalue weighted by molar-refractivity contribution is 5.94. The van der Waals surface area contributed by atoms with Gasteiger partial charge in [-0.2, -0.15) is 0 Å². The average molecular weight is 387 g/mol. The molecule has 1 aromatic heterocycles. The molecule has 0 aliphatic heterocycles. The Kier molecular flexibility index (Phi) is 6.39. The zero-order valence-corrected chi connectivity index (χ0v) is 16.9. The van der Waals surface area contributed by atoms with Crippen molar-refractivity contribution in [2.75, 3.05) is 5.32 Å². The maximum absolute atomic E-state index is 13.4. The van der Waals surface area contributed by atoms with Crippen molar-refractivity contribution >= 4 is 17.5 Å². The van der Waals surface area contributed by atoms with Crippen LogP contribution in [0, 0.1) is 6.92 Å². The summed E-state index contributed by atoms with van der Waals surface area (Å²) < 4.78 is 0. The minimum absolute atomic E-state index is 0.0845. The maximum atomic E-state index is 13.4. The first kappa shape index (κ1) is 20.3. The molecule has 2 aromatic carbocycles. The molecule has 3 rings (SSSR count). The summed E-state index contributed by atoms with van der Waals surface area (Å²) in [5.74, 6) is -0.212. The quantitative estimate of drug-likeness (QED) is 0.664. The zero-order chi connectivity index (χ0) is 20.8. The van der Waals surface area contributed by atoms with E-state index < -0.39 is 0 Å². The number of carbonyl (C=O) groups is 2. The lowest BCUT2D eigenvalue weighted by molar-refractivity contribution is -0.114. The van der Waals surface area contributed by atoms with Crippen LogP contribution in [0.4, 0.5) is 5.69 Å². The number of carbonyl (C=O) groups excluding carboxylic acids is 2. The monoisotopic (exact) mass is 387 g/mol. The van der Waals surface area contributed by atoms with Gasteiger partial charge in [0.1, 0.15) is 0 Å². The number of nitrogens with one attached hydrogen (secondary N) is 1. The van der Waals surface area contributed by atoms with Crippen molar-refractivity contribution < 1.29 is 9.59 Å². The Bertz CT molecular complexity index is 985. The van der Waals surface area contributed by atoms with E-state index >= 15 is 0 Å². The Balaban J connectivity index is 1.94. The molecule has 5 nitrogen and oxygen atoms in total. The number of aromatic nitrogens is 1. The van der Waals surface area contributed by atoms with Crippen LogP contribution in [0.5, 0.6) is 0 Å². The number of anilines is 1. The molecule has 0 radical (unpaired) electrons. The third kappa shape index (κ3) is 5.29. The van der Waals surface area contributed by atoms with Crippen LogP contribution < -0.4 is 5.32 Å². The van der Waals surface area contributed by atoms with Gasteiger partial charge in [0.25, 0.3) is 5.91 Å². The number of hydrogen-bond acceptors (Lipinski definition) is 3. The van der Waals surface area contributed by atoms with E-state index in [1.54, 1.807) is 6.20 Å². The second-order valence-corrected chi connectivity index (χ2v) is 7.09. The number of aryl methyl sites for hydroxylation is 1. The second kappa shape index (κ2) is 9.15. The lowest BCUT2D eigenvalue weighted by atomic mass is 10.0. The fourth-order valence-electron chi connectivity index (χ4n) is 3.18. The summed E-state index contributed by atoms with van der Waals surface area (Å²) >= 11 is 0. The number of benzene rings is 2. The van der Waals surface area contributed by atoms with Crippen molar-refractivity contribution in [3.63, 3.8) is 0 Å². The van der Waals surface area contributed by atoms with E-state index in [0.29, 0.717) is 17.8 Å². The molecule has 0 saturated carbocycles. The first-order valence-electron chi connectivity index (χ1n) is 9.59. The number of amides is 2. The van der Waals surface area contributed by atoms with E-state index in [9.17, 15) is 9.59 Å². The van der Waals surface area contributed by atoms with Crippen molar-refractivity contribution in [2.45, 2.75) is 33.4 Å². The molecular weight excluding hydrogens is 362 g/mol. The van der Waals surface area contributed by atoms with E-state index in [1.807, 2.05) is 85.5 Å². The van der Waals surface area contributed by atoms with E-state index in [1.165, 1.54) is 6.92 Å². The van der Waals surface area contributed by atoms with Gasteiger partial charge >= 0.3 is 0 Å². The second-order valence-electron chi connectivity index (χ2n) is 7.09. The van der Waals surface area contributed by atoms with E-state index in [0.717, 1.165) is 16.8 Å². The molecule has 1 atom stereocenters. The average Bonchev–Trinajstić information content (AvgIpc) is 2.72. The molecule has 0 bridgehead atoms. The standard InChI is InChI=1S/C24H25N3O2/c1-17-12-13-22(15-25-17)24(29)27(16-20-8-5-4-6-9-20)18(2)21-10-7-11-23(14-21)26-19(3)28/h4-15,18H,16H2,1-3H3,(H,26,28)/t18-/m1/s1. The van der Waals surface area contributed by atoms with E-state index in [-0.39, 0.29) is 17.9 Å². The molecule has 29 heavy (non-hydrogen) atoms. The molecule has 0 spiro atoms. The van der Waals surface area contributed by atoms with Gasteiger partial charge in [-0.15, -0.1) is 0 Å². The summed E-state index contributed by atoms with van der Waals surface area (Å²) in [6.07, 6.45) is 1.62. The van der Waals surface area contributed by atoms with Crippen LogP contribution in [0.1, 0.15) is 47.1 Å². The van der Waals surface area contributed by atoms with Gasteiger partial charge in [0.2, 0.25) is 5.91 Å². The number of nitrogens with zero attached hydrogens (tertiary/aromatic N) is 2. The molecule has 2 amide bonds. The summed E-state index contributed by atoms with van der Waals surface area (Å²) in [6, 6.07) is 21.0. The molecule has 148 valence electrons. The summed E-state index contributed by atoms with van der Waals surface area (Å²) in [6.45, 7) is 5.84. The van der Waals surface area contributed by atoms with Crippen molar-refractivity contribution in [2.24, 2.45) is 0 Å². The fourth-order valence-corrected chi connectivity index (χ4v) is 3.18. The van der Waals surface area contributed by atoms with Crippen LogP contribution in [0.25, 0.3) is 0 Å². The van der Waals surface area contributed by atoms with Gasteiger partial charge in [0.15, 0.2) is 0 Å². The van der Waals surface area contributed by atoms with Crippen LogP contribution in [0.15, 0.2) is 72.9 Å². The molecule has 1 N–H and O–H groups in total. The Hall–Kier alpha value is -3.47. The maximum Gasteiger partial charge on any atom is 0.256 e. The first-order chi connectivity index (χ1) is 13.9. The number of rotatable bonds is 6. The first-order valence-corrected chi connectivity index (χ1v) is 9.59. The SMILES string of the molecule is CC(=O)Nc1cccc([C@@H](C)N(Cc2ccccc2)C(=O)c2ccc(C)nc2)c1. The van der Waals surface area contributed by atoms with Crippen LogP contribution in [0.3, 0.4) is 0 Å². The number of pyridine rings is 1. The van der Waals surface area contributed by atoms with Crippen molar-refractivity contribution in [3.8, 4) is 0 Å². The fraction of sp³-hybridized carbons (Fsp3) is 0.208. The lowest BCUT2D eigenvalue weighted by Crippen LogP contribution is -2.33. The molecule has 0 aliphatic carbocycles. The molecule has 0 unspecified atom stereocenters. The molecule has 0 fully saturated rings. The highest BCUT2D eigenvalue weighted by atomic mass is 16.2. The van der Waals surface area contributed by atoms with E-state index in [4.69, 9.17) is 0 Å². The zero-order valence-electron chi connectivity index (χ0n) is 16.9. The van der Waals surface area contributed by atoms with E-state index in [2.05, 4.69) is 10.3 Å². The third-order valence-corrected chi connectivity index (χ3v) is 4.77. The van der Waals surface area contributed by atoms with Crippen molar-refractivity contribution in [1.82, 2.24) is 9.88 Å². The largest absolute Gasteiger partial charge is 0.328 e. The van der Waals surface area contributed by atoms with Crippen LogP contribution in [-0.4, -0.2) is 21.7 Å². The minimum atomic E-state index is -0.197. The lowest BCUT2D eigenvalue weighted by Gasteiger charge is -2.30. The predicted molar refractivity (Wildman–Crippen MR) is 114 cm³/mol. The van der Waals surface area contributed by atoms with Gasteiger partial charge in [-0.1, -0.05) is 42.5 Å². The predicted octanol–water partition coefficient (Wildman–Crippen LogP) is 4.75. The molecule has 0 aliphatic rings. The third-order valence-electron chi connectivity index (χ3n) is 4.77. The molecular formula is C24H25N3O2. The van der Waals surface area contributed by atoms with Crippen molar-refractivity contribution in [1.29, 1.82) is 0 Å². The van der Waals surface area contributed by atoms with Crippen molar-refractivity contribution in [3.05, 3.63) is 95.3 Å². The molecule has 5 heteroatoms. The summed E-state index contributed by atoms with van der Waals surface area (Å²) in [4.78, 5) is 30.9. The van der Waals surface area contributed by atoms with Gasteiger partial charge in [0, 0.05) is 31.0 Å². The van der Waals surface area contributed by atoms with Crippen LogP contribution in [-0.2, 0) is 11.3 Å². The minimum Gasteiger partial charge on any atom is -0.328 e. The molecule has 0 saturated heterocycles. The Labute approximate surface area is 171 Å². The Morgan fingerprint density at radius 2 is 1.79 bits per heavy atom. The normalized spacial score (nSPS) is 11.6. The summed E-state index contributed by atoms with van der Waals surface area (Å²) in [5, 5.41) is 2.80. The van der Waals surface area contributed by atoms with Gasteiger partial charge in [-0.25, -0.2) is 0 Å². The summed E-state index contributed by atoms with van der Waals surface area (Å²) in [7, 11) is 0. The van der Waals surface area contributed by atoms with Gasteiger partial charge in [0.05, 0.1) is 11.6 Å². The van der Waals surface area contributed by atoms with Crippen LogP contribution in [0.2, 0.25) is 0 Å². The highest BCUT2D eigenvalue weighted by Gasteiger charge is 2.23. The van der Waals surface area contributed by atoms with Gasteiger partial charge in [-0.05, 0) is 49.2 Å². The molecule has 1 heterocycles. The smallest absolute Gasteiger partial charge is 0.256 e. The number of hydrogen-bond donors (Lipinski definition) is 1. The Morgan fingerprint density at radius 1 is 1.03 bits per heavy atom. The van der Waals surface area contributed by atoms with Crippen LogP contribution >= 0.6 is 0 Å². The topological polar surface area (TPSA) is 62.3 Å².